The van der Waals surface area contributed by atoms with Crippen molar-refractivity contribution in [1.29, 1.82) is 0 Å². The van der Waals surface area contributed by atoms with Crippen LogP contribution in [0.1, 0.15) is 25.7 Å². The lowest BCUT2D eigenvalue weighted by molar-refractivity contribution is -0.568. The Morgan fingerprint density at radius 1 is 1.33 bits per heavy atom. The molecule has 7 nitrogen and oxygen atoms in total. The van der Waals surface area contributed by atoms with Gasteiger partial charge in [0.2, 0.25) is 0 Å². The van der Waals surface area contributed by atoms with E-state index in [1.807, 2.05) is 0 Å². The van der Waals surface area contributed by atoms with Crippen molar-refractivity contribution in [3.63, 3.8) is 0 Å². The van der Waals surface area contributed by atoms with Crippen molar-refractivity contribution in [3.8, 4) is 0 Å². The van der Waals surface area contributed by atoms with Gasteiger partial charge in [-0.1, -0.05) is 6.42 Å². The molecular weight excluding hydrogens is 236 g/mol. The molecule has 7 heteroatoms. The molecule has 0 aromatic heterocycles. The van der Waals surface area contributed by atoms with Crippen LogP contribution in [0.25, 0.3) is 0 Å². The van der Waals surface area contributed by atoms with Gasteiger partial charge in [-0.2, -0.15) is 9.98 Å². The topological polar surface area (TPSA) is 91.3 Å². The number of aliphatic imine (C=N–C) groups is 2. The van der Waals surface area contributed by atoms with Crippen LogP contribution in [0.3, 0.4) is 0 Å². The molecule has 2 aliphatic heterocycles. The molecule has 0 aromatic carbocycles. The number of rotatable bonds is 5. The van der Waals surface area contributed by atoms with Crippen LogP contribution in [0.15, 0.2) is 9.98 Å². The predicted octanol–water partition coefficient (Wildman–Crippen LogP) is 0.309. The Bertz CT molecular complexity index is 351. The molecule has 0 saturated carbocycles. The zero-order chi connectivity index (χ0) is 13.0. The van der Waals surface area contributed by atoms with Crippen LogP contribution in [-0.4, -0.2) is 58.9 Å². The monoisotopic (exact) mass is 254 g/mol. The van der Waals surface area contributed by atoms with Crippen LogP contribution in [0.4, 0.5) is 0 Å². The first-order valence-electron chi connectivity index (χ1n) is 6.26. The van der Waals surface area contributed by atoms with Crippen molar-refractivity contribution in [2.45, 2.75) is 37.6 Å². The lowest BCUT2D eigenvalue weighted by Crippen LogP contribution is -2.42. The molecule has 2 rings (SSSR count). The molecule has 100 valence electrons. The van der Waals surface area contributed by atoms with Crippen molar-refractivity contribution < 1.29 is 10.0 Å². The average Bonchev–Trinajstić information content (AvgIpc) is 2.80. The van der Waals surface area contributed by atoms with Crippen molar-refractivity contribution in [2.75, 3.05) is 19.6 Å². The minimum absolute atomic E-state index is 0.0660. The summed E-state index contributed by atoms with van der Waals surface area (Å²) in [6, 6.07) is 0. The van der Waals surface area contributed by atoms with Gasteiger partial charge in [0, 0.05) is 19.0 Å². The first kappa shape index (κ1) is 13.1. The lowest BCUT2D eigenvalue weighted by atomic mass is 10.1. The van der Waals surface area contributed by atoms with Crippen molar-refractivity contribution in [2.24, 2.45) is 9.98 Å². The van der Waals surface area contributed by atoms with Crippen molar-refractivity contribution >= 4 is 12.4 Å². The molecule has 0 amide bonds. The van der Waals surface area contributed by atoms with E-state index in [1.54, 1.807) is 0 Å². The van der Waals surface area contributed by atoms with Gasteiger partial charge in [0.25, 0.3) is 0 Å². The number of likely N-dealkylation sites (tertiary alicyclic amines) is 1. The van der Waals surface area contributed by atoms with Crippen LogP contribution < -0.4 is 0 Å². The molecule has 1 unspecified atom stereocenters. The summed E-state index contributed by atoms with van der Waals surface area (Å²) < 4.78 is 0. The van der Waals surface area contributed by atoms with Crippen LogP contribution in [0.2, 0.25) is 0 Å². The first-order valence-corrected chi connectivity index (χ1v) is 6.26. The number of aliphatic hydroxyl groups excluding tert-OH is 1. The number of nitro groups is 1. The van der Waals surface area contributed by atoms with E-state index in [4.69, 9.17) is 0 Å². The molecule has 0 bridgehead atoms. The highest BCUT2D eigenvalue weighted by Crippen LogP contribution is 2.23. The normalized spacial score (nSPS) is 24.3. The number of β-amino-alcohol motifs (C(OH)–C–C–N with tert-alkyl or cyclic N) is 1. The summed E-state index contributed by atoms with van der Waals surface area (Å²) in [5.74, 6) is -1.70. The zero-order valence-electron chi connectivity index (χ0n) is 10.2. The number of nitrogens with zero attached hydrogens (tertiary/aromatic N) is 4. The minimum atomic E-state index is -1.70. The molecule has 1 N–H and O–H groups in total. The average molecular weight is 254 g/mol. The second-order valence-electron chi connectivity index (χ2n) is 4.81. The van der Waals surface area contributed by atoms with E-state index in [2.05, 4.69) is 14.9 Å². The van der Waals surface area contributed by atoms with Gasteiger partial charge < -0.3 is 10.0 Å². The zero-order valence-corrected chi connectivity index (χ0v) is 10.2. The third kappa shape index (κ3) is 2.91. The van der Waals surface area contributed by atoms with Crippen LogP contribution >= 0.6 is 0 Å². The highest BCUT2D eigenvalue weighted by Gasteiger charge is 2.45. The fourth-order valence-corrected chi connectivity index (χ4v) is 2.43. The summed E-state index contributed by atoms with van der Waals surface area (Å²) in [7, 11) is 0. The van der Waals surface area contributed by atoms with Crippen molar-refractivity contribution in [1.82, 2.24) is 4.90 Å². The number of hydrogen-bond donors (Lipinski definition) is 1. The quantitative estimate of drug-likeness (QED) is 0.564. The van der Waals surface area contributed by atoms with Gasteiger partial charge in [-0.25, -0.2) is 0 Å². The number of hydrogen-bond acceptors (Lipinski definition) is 6. The highest BCUT2D eigenvalue weighted by atomic mass is 16.6. The fraction of sp³-hybridized carbons (Fsp3) is 0.818. The Hall–Kier alpha value is -1.34. The highest BCUT2D eigenvalue weighted by molar-refractivity contribution is 6.17. The van der Waals surface area contributed by atoms with E-state index in [0.29, 0.717) is 6.54 Å². The molecule has 0 aromatic rings. The summed E-state index contributed by atoms with van der Waals surface area (Å²) in [6.07, 6.45) is 5.27. The minimum Gasteiger partial charge on any atom is -0.391 e. The van der Waals surface area contributed by atoms with Gasteiger partial charge in [-0.15, -0.1) is 0 Å². The summed E-state index contributed by atoms with van der Waals surface area (Å²) in [6.45, 7) is 2.37. The van der Waals surface area contributed by atoms with Gasteiger partial charge in [-0.05, 0) is 25.9 Å². The number of piperidine rings is 1. The molecular formula is C11H18N4O3. The summed E-state index contributed by atoms with van der Waals surface area (Å²) in [4.78, 5) is 20.2. The summed E-state index contributed by atoms with van der Waals surface area (Å²) in [5, 5.41) is 21.0. The molecule has 0 radical (unpaired) electrons. The Kier molecular flexibility index (Phi) is 4.03. The molecule has 1 atom stereocenters. The molecule has 2 heterocycles. The van der Waals surface area contributed by atoms with Gasteiger partial charge >= 0.3 is 5.79 Å². The van der Waals surface area contributed by atoms with Gasteiger partial charge in [0.15, 0.2) is 0 Å². The standard InChI is InChI=1S/C11H18N4O3/c16-10(9-14-6-2-1-3-7-14)8-11(15(17)18)12-4-5-13-11/h4-5,10,16H,1-3,6-9H2. The Morgan fingerprint density at radius 2 is 1.94 bits per heavy atom. The predicted molar refractivity (Wildman–Crippen MR) is 67.6 cm³/mol. The molecule has 0 aliphatic carbocycles. The maximum absolute atomic E-state index is 11.0. The third-order valence-corrected chi connectivity index (χ3v) is 3.35. The van der Waals surface area contributed by atoms with E-state index < -0.39 is 16.8 Å². The van der Waals surface area contributed by atoms with E-state index in [1.165, 1.54) is 18.9 Å². The maximum Gasteiger partial charge on any atom is 0.414 e. The second kappa shape index (κ2) is 5.53. The van der Waals surface area contributed by atoms with Crippen molar-refractivity contribution in [3.05, 3.63) is 10.1 Å². The van der Waals surface area contributed by atoms with E-state index in [0.717, 1.165) is 25.9 Å². The third-order valence-electron chi connectivity index (χ3n) is 3.35. The van der Waals surface area contributed by atoms with Crippen LogP contribution in [-0.2, 0) is 0 Å². The smallest absolute Gasteiger partial charge is 0.391 e. The molecule has 18 heavy (non-hydrogen) atoms. The Labute approximate surface area is 105 Å². The Balaban J connectivity index is 1.89. The van der Waals surface area contributed by atoms with E-state index in [-0.39, 0.29) is 6.42 Å². The number of aliphatic hydroxyl groups is 1. The molecule has 1 saturated heterocycles. The SMILES string of the molecule is O=[N+]([O-])C1(CC(O)CN2CCCCC2)N=CC=N1. The molecule has 0 spiro atoms. The first-order chi connectivity index (χ1) is 8.62. The van der Waals surface area contributed by atoms with Crippen LogP contribution in [0, 0.1) is 10.1 Å². The van der Waals surface area contributed by atoms with Gasteiger partial charge in [0.1, 0.15) is 0 Å². The molecule has 2 aliphatic rings. The van der Waals surface area contributed by atoms with E-state index >= 15 is 0 Å². The Morgan fingerprint density at radius 3 is 2.50 bits per heavy atom. The lowest BCUT2D eigenvalue weighted by Gasteiger charge is -2.29. The fourth-order valence-electron chi connectivity index (χ4n) is 2.43. The summed E-state index contributed by atoms with van der Waals surface area (Å²) in [5.41, 5.74) is 0. The largest absolute Gasteiger partial charge is 0.414 e. The summed E-state index contributed by atoms with van der Waals surface area (Å²) >= 11 is 0. The van der Waals surface area contributed by atoms with E-state index in [9.17, 15) is 15.2 Å². The van der Waals surface area contributed by atoms with Gasteiger partial charge in [0.05, 0.1) is 17.4 Å². The van der Waals surface area contributed by atoms with Crippen LogP contribution in [0.5, 0.6) is 0 Å². The van der Waals surface area contributed by atoms with Gasteiger partial charge in [-0.3, -0.25) is 10.1 Å². The second-order valence-corrected chi connectivity index (χ2v) is 4.81. The maximum atomic E-state index is 11.0. The molecule has 1 fully saturated rings.